The van der Waals surface area contributed by atoms with Crippen LogP contribution in [-0.4, -0.2) is 27.8 Å². The summed E-state index contributed by atoms with van der Waals surface area (Å²) in [6.45, 7) is 14.8. The molecular weight excluding hydrogens is 522 g/mol. The van der Waals surface area contributed by atoms with E-state index >= 15 is 0 Å². The lowest BCUT2D eigenvalue weighted by atomic mass is 9.85. The largest absolute Gasteiger partial charge is 0.478 e. The highest BCUT2D eigenvalue weighted by Crippen LogP contribution is 2.37. The molecule has 3 rings (SSSR count). The number of rotatable bonds is 9. The predicted octanol–water partition coefficient (Wildman–Crippen LogP) is 7.12. The molecule has 0 aliphatic heterocycles. The Hall–Kier alpha value is -3.36. The van der Waals surface area contributed by atoms with E-state index in [4.69, 9.17) is 15.5 Å². The summed E-state index contributed by atoms with van der Waals surface area (Å²) in [6.07, 6.45) is 0.255. The van der Waals surface area contributed by atoms with Crippen LogP contribution in [0, 0.1) is 12.3 Å². The fraction of sp³-hybridized carbons (Fsp3) is 0.406. The molecular formula is C32H41N3O4S. The van der Waals surface area contributed by atoms with E-state index < -0.39 is 17.7 Å². The molecule has 7 nitrogen and oxygen atoms in total. The zero-order valence-electron chi connectivity index (χ0n) is 24.6. The van der Waals surface area contributed by atoms with Crippen molar-refractivity contribution in [3.05, 3.63) is 82.2 Å². The Morgan fingerprint density at radius 2 is 1.60 bits per heavy atom. The molecule has 40 heavy (non-hydrogen) atoms. The second-order valence-electron chi connectivity index (χ2n) is 12.1. The standard InChI is InChI=1S/C32H41N3O4S/c1-20-26(19-40-24-14-12-23(13-15-24)29(36)37)28(22-10-8-21(17-33)9-11-22)25(27(35-20)16-31(2,3)4)18-34-30(38)39-32(5,6)7/h8-15H,16-19,33H2,1-7H3,(H,34,38)(H,36,37). The number of carboxylic acid groups (broad SMARTS) is 1. The van der Waals surface area contributed by atoms with Gasteiger partial charge in [-0.1, -0.05) is 45.0 Å². The van der Waals surface area contributed by atoms with Crippen molar-refractivity contribution in [2.45, 2.75) is 84.2 Å². The number of benzene rings is 2. The number of carbonyl (C=O) groups is 2. The summed E-state index contributed by atoms with van der Waals surface area (Å²) in [5, 5.41) is 12.2. The topological polar surface area (TPSA) is 115 Å². The zero-order chi connectivity index (χ0) is 29.7. The molecule has 4 N–H and O–H groups in total. The molecule has 1 amide bonds. The molecule has 2 aromatic carbocycles. The number of aryl methyl sites for hydroxylation is 1. The first kappa shape index (κ1) is 31.2. The molecule has 0 saturated carbocycles. The molecule has 1 heterocycles. The summed E-state index contributed by atoms with van der Waals surface area (Å²) >= 11 is 1.62. The molecule has 0 fully saturated rings. The van der Waals surface area contributed by atoms with Crippen molar-refractivity contribution in [2.75, 3.05) is 0 Å². The van der Waals surface area contributed by atoms with Gasteiger partial charge in [-0.05, 0) is 86.1 Å². The van der Waals surface area contributed by atoms with Crippen LogP contribution in [0.1, 0.15) is 80.0 Å². The lowest BCUT2D eigenvalue weighted by Gasteiger charge is -2.26. The van der Waals surface area contributed by atoms with Gasteiger partial charge >= 0.3 is 12.1 Å². The van der Waals surface area contributed by atoms with Gasteiger partial charge in [-0.2, -0.15) is 0 Å². The van der Waals surface area contributed by atoms with Crippen LogP contribution in [0.25, 0.3) is 11.1 Å². The van der Waals surface area contributed by atoms with Crippen LogP contribution in [0.3, 0.4) is 0 Å². The van der Waals surface area contributed by atoms with Gasteiger partial charge in [-0.25, -0.2) is 9.59 Å². The Kier molecular flexibility index (Phi) is 10.0. The third-order valence-electron chi connectivity index (χ3n) is 6.16. The van der Waals surface area contributed by atoms with Gasteiger partial charge in [0.15, 0.2) is 0 Å². The Morgan fingerprint density at radius 1 is 0.975 bits per heavy atom. The number of thioether (sulfide) groups is 1. The number of hydrogen-bond acceptors (Lipinski definition) is 6. The molecule has 8 heteroatoms. The van der Waals surface area contributed by atoms with Gasteiger partial charge in [0, 0.05) is 40.7 Å². The number of nitrogens with two attached hydrogens (primary N) is 1. The minimum absolute atomic E-state index is 0.0249. The molecule has 0 unspecified atom stereocenters. The maximum Gasteiger partial charge on any atom is 0.407 e. The second kappa shape index (κ2) is 12.9. The minimum atomic E-state index is -0.948. The first-order valence-electron chi connectivity index (χ1n) is 13.4. The smallest absolute Gasteiger partial charge is 0.407 e. The third-order valence-corrected chi connectivity index (χ3v) is 7.20. The molecule has 0 radical (unpaired) electrons. The number of carbonyl (C=O) groups excluding carboxylic acids is 1. The van der Waals surface area contributed by atoms with Gasteiger partial charge in [-0.15, -0.1) is 11.8 Å². The summed E-state index contributed by atoms with van der Waals surface area (Å²) in [6, 6.07) is 15.1. The van der Waals surface area contributed by atoms with E-state index in [1.165, 1.54) is 0 Å². The zero-order valence-corrected chi connectivity index (χ0v) is 25.4. The maximum atomic E-state index is 12.7. The molecule has 3 aromatic rings. The number of pyridine rings is 1. The van der Waals surface area contributed by atoms with Crippen molar-refractivity contribution in [3.8, 4) is 11.1 Å². The van der Waals surface area contributed by atoms with Crippen molar-refractivity contribution in [1.82, 2.24) is 10.3 Å². The summed E-state index contributed by atoms with van der Waals surface area (Å²) in [5.74, 6) is -0.328. The van der Waals surface area contributed by atoms with Gasteiger partial charge in [0.1, 0.15) is 5.60 Å². The van der Waals surface area contributed by atoms with Crippen LogP contribution >= 0.6 is 11.8 Å². The fourth-order valence-electron chi connectivity index (χ4n) is 4.34. The number of nitrogens with zero attached hydrogens (tertiary/aromatic N) is 1. The Balaban J connectivity index is 2.12. The fourth-order valence-corrected chi connectivity index (χ4v) is 5.33. The van der Waals surface area contributed by atoms with Crippen molar-refractivity contribution in [2.24, 2.45) is 11.1 Å². The SMILES string of the molecule is Cc1nc(CC(C)(C)C)c(CNC(=O)OC(C)(C)C)c(-c2ccc(CN)cc2)c1CSc1ccc(C(=O)O)cc1. The van der Waals surface area contributed by atoms with E-state index in [0.29, 0.717) is 12.3 Å². The molecule has 1 aromatic heterocycles. The van der Waals surface area contributed by atoms with Crippen molar-refractivity contribution < 1.29 is 19.4 Å². The first-order chi connectivity index (χ1) is 18.7. The van der Waals surface area contributed by atoms with Crippen LogP contribution in [0.5, 0.6) is 0 Å². The van der Waals surface area contributed by atoms with Gasteiger partial charge in [0.2, 0.25) is 0 Å². The number of amides is 1. The quantitative estimate of drug-likeness (QED) is 0.237. The average Bonchev–Trinajstić information content (AvgIpc) is 2.85. The highest BCUT2D eigenvalue weighted by Gasteiger charge is 2.24. The molecule has 0 spiro atoms. The van der Waals surface area contributed by atoms with Crippen LogP contribution in [0.2, 0.25) is 0 Å². The van der Waals surface area contributed by atoms with Crippen molar-refractivity contribution >= 4 is 23.8 Å². The highest BCUT2D eigenvalue weighted by atomic mass is 32.2. The van der Waals surface area contributed by atoms with E-state index in [2.05, 4.69) is 38.2 Å². The molecule has 0 aliphatic rings. The minimum Gasteiger partial charge on any atom is -0.478 e. The molecule has 0 atom stereocenters. The third kappa shape index (κ3) is 8.83. The number of carboxylic acids is 1. The molecule has 214 valence electrons. The monoisotopic (exact) mass is 563 g/mol. The lowest BCUT2D eigenvalue weighted by Crippen LogP contribution is -2.33. The van der Waals surface area contributed by atoms with Crippen LogP contribution in [0.4, 0.5) is 4.79 Å². The second-order valence-corrected chi connectivity index (χ2v) is 13.1. The molecule has 0 aliphatic carbocycles. The number of nitrogens with one attached hydrogen (secondary N) is 1. The number of aromatic carboxylic acids is 1. The van der Waals surface area contributed by atoms with E-state index in [1.807, 2.05) is 52.0 Å². The average molecular weight is 564 g/mol. The summed E-state index contributed by atoms with van der Waals surface area (Å²) in [4.78, 5) is 30.0. The van der Waals surface area contributed by atoms with Crippen LogP contribution in [-0.2, 0) is 30.0 Å². The number of hydrogen-bond donors (Lipinski definition) is 3. The molecule has 0 bridgehead atoms. The summed E-state index contributed by atoms with van der Waals surface area (Å²) in [5.41, 5.74) is 12.5. The highest BCUT2D eigenvalue weighted by molar-refractivity contribution is 7.98. The van der Waals surface area contributed by atoms with Gasteiger partial charge in [-0.3, -0.25) is 4.98 Å². The van der Waals surface area contributed by atoms with Gasteiger partial charge in [0.05, 0.1) is 5.56 Å². The molecule has 0 saturated heterocycles. The number of ether oxygens (including phenoxy) is 1. The van der Waals surface area contributed by atoms with Gasteiger partial charge < -0.3 is 20.9 Å². The maximum absolute atomic E-state index is 12.7. The van der Waals surface area contributed by atoms with Crippen molar-refractivity contribution in [3.63, 3.8) is 0 Å². The Morgan fingerprint density at radius 3 is 2.12 bits per heavy atom. The van der Waals surface area contributed by atoms with Crippen molar-refractivity contribution in [1.29, 1.82) is 0 Å². The number of aromatic nitrogens is 1. The Labute approximate surface area is 241 Å². The summed E-state index contributed by atoms with van der Waals surface area (Å²) in [7, 11) is 0. The van der Waals surface area contributed by atoms with E-state index in [1.54, 1.807) is 23.9 Å². The van der Waals surface area contributed by atoms with Gasteiger partial charge in [0.25, 0.3) is 0 Å². The van der Waals surface area contributed by atoms with E-state index in [9.17, 15) is 14.7 Å². The Bertz CT molecular complexity index is 1340. The normalized spacial score (nSPS) is 11.8. The first-order valence-corrected chi connectivity index (χ1v) is 14.4. The van der Waals surface area contributed by atoms with Crippen LogP contribution in [0.15, 0.2) is 53.4 Å². The lowest BCUT2D eigenvalue weighted by molar-refractivity contribution is 0.0523. The number of alkyl carbamates (subject to hydrolysis) is 1. The predicted molar refractivity (Wildman–Crippen MR) is 161 cm³/mol. The van der Waals surface area contributed by atoms with E-state index in [0.717, 1.165) is 50.5 Å². The van der Waals surface area contributed by atoms with E-state index in [-0.39, 0.29) is 17.5 Å². The summed E-state index contributed by atoms with van der Waals surface area (Å²) < 4.78 is 5.53. The van der Waals surface area contributed by atoms with Crippen LogP contribution < -0.4 is 11.1 Å².